The van der Waals surface area contributed by atoms with Gasteiger partial charge in [-0.1, -0.05) is 29.8 Å². The molecule has 10 heteroatoms. The highest BCUT2D eigenvalue weighted by atomic mass is 32.2. The molecule has 3 aromatic carbocycles. The van der Waals surface area contributed by atoms with Gasteiger partial charge in [-0.15, -0.1) is 0 Å². The maximum Gasteiger partial charge on any atom is 0.416 e. The van der Waals surface area contributed by atoms with Crippen LogP contribution in [-0.2, 0) is 21.0 Å². The number of amides is 1. The molecule has 33 heavy (non-hydrogen) atoms. The number of sulfonamides is 1. The number of anilines is 2. The van der Waals surface area contributed by atoms with E-state index in [9.17, 15) is 26.4 Å². The third-order valence-corrected chi connectivity index (χ3v) is 6.52. The van der Waals surface area contributed by atoms with Gasteiger partial charge >= 0.3 is 6.18 Å². The van der Waals surface area contributed by atoms with E-state index in [-0.39, 0.29) is 22.0 Å². The number of halogens is 3. The molecule has 1 N–H and O–H groups in total. The lowest BCUT2D eigenvalue weighted by molar-refractivity contribution is -0.137. The average Bonchev–Trinajstić information content (AvgIpc) is 2.77. The normalized spacial score (nSPS) is 11.7. The first-order chi connectivity index (χ1) is 15.5. The summed E-state index contributed by atoms with van der Waals surface area (Å²) in [6.45, 7) is 1.18. The fourth-order valence-corrected chi connectivity index (χ4v) is 4.48. The Bertz CT molecular complexity index is 1230. The van der Waals surface area contributed by atoms with Crippen molar-refractivity contribution in [3.8, 4) is 5.75 Å². The van der Waals surface area contributed by atoms with Crippen LogP contribution in [0.2, 0.25) is 0 Å². The van der Waals surface area contributed by atoms with E-state index in [0.717, 1.165) is 34.1 Å². The van der Waals surface area contributed by atoms with Gasteiger partial charge in [-0.05, 0) is 55.5 Å². The first-order valence-corrected chi connectivity index (χ1v) is 11.2. The van der Waals surface area contributed by atoms with E-state index < -0.39 is 34.2 Å². The average molecular weight is 478 g/mol. The van der Waals surface area contributed by atoms with E-state index in [1.165, 1.54) is 25.3 Å². The summed E-state index contributed by atoms with van der Waals surface area (Å²) in [6.07, 6.45) is -4.51. The van der Waals surface area contributed by atoms with Crippen LogP contribution in [-0.4, -0.2) is 28.0 Å². The van der Waals surface area contributed by atoms with Crippen LogP contribution in [0.1, 0.15) is 11.1 Å². The zero-order chi connectivity index (χ0) is 24.2. The molecule has 0 atom stereocenters. The van der Waals surface area contributed by atoms with Gasteiger partial charge < -0.3 is 10.1 Å². The molecule has 6 nitrogen and oxygen atoms in total. The Kier molecular flexibility index (Phi) is 6.97. The predicted molar refractivity (Wildman–Crippen MR) is 119 cm³/mol. The van der Waals surface area contributed by atoms with Gasteiger partial charge in [0.2, 0.25) is 5.91 Å². The summed E-state index contributed by atoms with van der Waals surface area (Å²) >= 11 is 0. The van der Waals surface area contributed by atoms with E-state index in [0.29, 0.717) is 0 Å². The van der Waals surface area contributed by atoms with Crippen LogP contribution in [0.3, 0.4) is 0 Å². The van der Waals surface area contributed by atoms with E-state index in [4.69, 9.17) is 4.74 Å². The SMILES string of the molecule is COc1ccccc1N(CC(=O)Nc1ccc(C(F)(F)F)cc1)S(=O)(=O)c1ccc(C)cc1. The van der Waals surface area contributed by atoms with Crippen LogP contribution in [0, 0.1) is 6.92 Å². The Morgan fingerprint density at radius 3 is 2.15 bits per heavy atom. The quantitative estimate of drug-likeness (QED) is 0.527. The fraction of sp³-hybridized carbons (Fsp3) is 0.174. The lowest BCUT2D eigenvalue weighted by atomic mass is 10.2. The molecule has 0 aliphatic carbocycles. The number of carbonyl (C=O) groups excluding carboxylic acids is 1. The van der Waals surface area contributed by atoms with Crippen LogP contribution in [0.5, 0.6) is 5.75 Å². The highest BCUT2D eigenvalue weighted by Crippen LogP contribution is 2.33. The number of benzene rings is 3. The van der Waals surface area contributed by atoms with E-state index in [1.807, 2.05) is 6.92 Å². The summed E-state index contributed by atoms with van der Waals surface area (Å²) in [5.41, 5.74) is 0.236. The molecule has 0 unspecified atom stereocenters. The molecule has 0 aromatic heterocycles. The topological polar surface area (TPSA) is 75.7 Å². The number of nitrogens with one attached hydrogen (secondary N) is 1. The number of hydrogen-bond acceptors (Lipinski definition) is 4. The van der Waals surface area contributed by atoms with Crippen LogP contribution in [0.25, 0.3) is 0 Å². The summed E-state index contributed by atoms with van der Waals surface area (Å²) in [5, 5.41) is 2.44. The molecule has 174 valence electrons. The smallest absolute Gasteiger partial charge is 0.416 e. The lowest BCUT2D eigenvalue weighted by Gasteiger charge is -2.25. The van der Waals surface area contributed by atoms with Crippen LogP contribution >= 0.6 is 0 Å². The summed E-state index contributed by atoms with van der Waals surface area (Å²) in [5.74, 6) is -0.508. The van der Waals surface area contributed by atoms with Gasteiger partial charge in [-0.3, -0.25) is 9.10 Å². The van der Waals surface area contributed by atoms with Gasteiger partial charge in [0.05, 0.1) is 23.3 Å². The molecule has 0 saturated heterocycles. The Labute approximate surface area is 189 Å². The lowest BCUT2D eigenvalue weighted by Crippen LogP contribution is -2.38. The standard InChI is InChI=1S/C23H21F3N2O4S/c1-16-7-13-19(14-8-16)33(30,31)28(20-5-3-4-6-21(20)32-2)15-22(29)27-18-11-9-17(10-12-18)23(24,25)26/h3-14H,15H2,1-2H3,(H,27,29). The Morgan fingerprint density at radius 1 is 0.970 bits per heavy atom. The van der Waals surface area contributed by atoms with Crippen molar-refractivity contribution >= 4 is 27.3 Å². The Morgan fingerprint density at radius 2 is 1.58 bits per heavy atom. The number of rotatable bonds is 7. The Balaban J connectivity index is 1.93. The third-order valence-electron chi connectivity index (χ3n) is 4.75. The number of alkyl halides is 3. The molecule has 0 saturated carbocycles. The third kappa shape index (κ3) is 5.64. The van der Waals surface area contributed by atoms with Gasteiger partial charge in [0.15, 0.2) is 0 Å². The molecule has 1 amide bonds. The van der Waals surface area contributed by atoms with Crippen LogP contribution < -0.4 is 14.4 Å². The molecule has 0 spiro atoms. The molecule has 0 fully saturated rings. The van der Waals surface area contributed by atoms with E-state index in [2.05, 4.69) is 5.32 Å². The molecule has 3 rings (SSSR count). The monoisotopic (exact) mass is 478 g/mol. The van der Waals surface area contributed by atoms with Gasteiger partial charge in [-0.2, -0.15) is 13.2 Å². The van der Waals surface area contributed by atoms with Crippen LogP contribution in [0.4, 0.5) is 24.5 Å². The number of aryl methyl sites for hydroxylation is 1. The minimum atomic E-state index is -4.51. The summed E-state index contributed by atoms with van der Waals surface area (Å²) < 4.78 is 71.3. The Hall–Kier alpha value is -3.53. The molecule has 0 aliphatic rings. The maximum atomic E-state index is 13.4. The van der Waals surface area contributed by atoms with Gasteiger partial charge in [0.25, 0.3) is 10.0 Å². The maximum absolute atomic E-state index is 13.4. The number of ether oxygens (including phenoxy) is 1. The van der Waals surface area contributed by atoms with Gasteiger partial charge in [0.1, 0.15) is 12.3 Å². The number of hydrogen-bond donors (Lipinski definition) is 1. The molecular weight excluding hydrogens is 457 g/mol. The number of methoxy groups -OCH3 is 1. The zero-order valence-corrected chi connectivity index (χ0v) is 18.6. The van der Waals surface area contributed by atoms with E-state index in [1.54, 1.807) is 30.3 Å². The second kappa shape index (κ2) is 9.53. The highest BCUT2D eigenvalue weighted by Gasteiger charge is 2.31. The van der Waals surface area contributed by atoms with Crippen molar-refractivity contribution in [1.29, 1.82) is 0 Å². The molecule has 0 radical (unpaired) electrons. The summed E-state index contributed by atoms with van der Waals surface area (Å²) in [4.78, 5) is 12.7. The molecule has 0 bridgehead atoms. The number of carbonyl (C=O) groups is 1. The first kappa shape index (κ1) is 24.1. The minimum absolute atomic E-state index is 0.0265. The van der Waals surface area contributed by atoms with Crippen molar-refractivity contribution in [2.45, 2.75) is 18.0 Å². The molecule has 0 heterocycles. The van der Waals surface area contributed by atoms with Crippen LogP contribution in [0.15, 0.2) is 77.7 Å². The van der Waals surface area contributed by atoms with Crippen molar-refractivity contribution in [2.24, 2.45) is 0 Å². The highest BCUT2D eigenvalue weighted by molar-refractivity contribution is 7.92. The minimum Gasteiger partial charge on any atom is -0.495 e. The number of nitrogens with zero attached hydrogens (tertiary/aromatic N) is 1. The van der Waals surface area contributed by atoms with Crippen molar-refractivity contribution in [3.63, 3.8) is 0 Å². The molecule has 3 aromatic rings. The van der Waals surface area contributed by atoms with Gasteiger partial charge in [0, 0.05) is 5.69 Å². The molecule has 0 aliphatic heterocycles. The second-order valence-corrected chi connectivity index (χ2v) is 8.98. The second-order valence-electron chi connectivity index (χ2n) is 7.12. The molecular formula is C23H21F3N2O4S. The van der Waals surface area contributed by atoms with Gasteiger partial charge in [-0.25, -0.2) is 8.42 Å². The predicted octanol–water partition coefficient (Wildman–Crippen LogP) is 4.86. The van der Waals surface area contributed by atoms with Crippen molar-refractivity contribution < 1.29 is 31.1 Å². The summed E-state index contributed by atoms with van der Waals surface area (Å²) in [7, 11) is -2.80. The largest absolute Gasteiger partial charge is 0.495 e. The van der Waals surface area contributed by atoms with Crippen molar-refractivity contribution in [3.05, 3.63) is 83.9 Å². The summed E-state index contributed by atoms with van der Waals surface area (Å²) in [6, 6.07) is 16.3. The van der Waals surface area contributed by atoms with E-state index >= 15 is 0 Å². The first-order valence-electron chi connectivity index (χ1n) is 9.72. The van der Waals surface area contributed by atoms with Crippen molar-refractivity contribution in [1.82, 2.24) is 0 Å². The number of para-hydroxylation sites is 2. The fourth-order valence-electron chi connectivity index (χ4n) is 3.05. The zero-order valence-electron chi connectivity index (χ0n) is 17.8. The van der Waals surface area contributed by atoms with Crippen molar-refractivity contribution in [2.75, 3.05) is 23.3 Å².